The van der Waals surface area contributed by atoms with Crippen LogP contribution in [0, 0.1) is 0 Å². The monoisotopic (exact) mass is 292 g/mol. The van der Waals surface area contributed by atoms with E-state index in [2.05, 4.69) is 10.0 Å². The molecule has 0 aliphatic carbocycles. The lowest BCUT2D eigenvalue weighted by atomic mass is 10.3. The van der Waals surface area contributed by atoms with E-state index >= 15 is 0 Å². The van der Waals surface area contributed by atoms with Gasteiger partial charge >= 0.3 is 0 Å². The molecule has 0 radical (unpaired) electrons. The molecular weight excluding hydrogens is 276 g/mol. The van der Waals surface area contributed by atoms with Crippen LogP contribution in [0.5, 0.6) is 5.75 Å². The van der Waals surface area contributed by atoms with Gasteiger partial charge in [0.05, 0.1) is 12.1 Å². The van der Waals surface area contributed by atoms with E-state index in [1.54, 1.807) is 6.07 Å². The van der Waals surface area contributed by atoms with E-state index in [0.29, 0.717) is 18.7 Å². The molecule has 0 unspecified atom stereocenters. The fourth-order valence-electron chi connectivity index (χ4n) is 1.37. The van der Waals surface area contributed by atoms with Crippen molar-refractivity contribution in [2.45, 2.75) is 11.3 Å². The molecule has 0 heterocycles. The maximum Gasteiger partial charge on any atom is 0.242 e. The van der Waals surface area contributed by atoms with Crippen LogP contribution in [0.1, 0.15) is 6.42 Å². The Morgan fingerprint density at radius 2 is 2.06 bits per heavy atom. The molecule has 0 amide bonds. The number of benzene rings is 1. The minimum atomic E-state index is -3.59. The molecule has 0 saturated carbocycles. The Balaban J connectivity index is 2.83. The summed E-state index contributed by atoms with van der Waals surface area (Å²) in [7, 11) is -0.309. The van der Waals surface area contributed by atoms with E-state index in [4.69, 9.17) is 16.3 Å². The van der Waals surface area contributed by atoms with Gasteiger partial charge in [0, 0.05) is 12.6 Å². The first kappa shape index (κ1) is 15.2. The summed E-state index contributed by atoms with van der Waals surface area (Å²) in [6, 6.07) is 4.52. The zero-order valence-corrected chi connectivity index (χ0v) is 11.9. The third-order valence-electron chi connectivity index (χ3n) is 2.32. The van der Waals surface area contributed by atoms with Crippen LogP contribution < -0.4 is 14.8 Å². The van der Waals surface area contributed by atoms with Gasteiger partial charge in [-0.25, -0.2) is 13.1 Å². The van der Waals surface area contributed by atoms with Gasteiger partial charge < -0.3 is 10.1 Å². The Hall–Kier alpha value is -0.820. The van der Waals surface area contributed by atoms with E-state index in [0.717, 1.165) is 6.54 Å². The highest BCUT2D eigenvalue weighted by atomic mass is 35.5. The lowest BCUT2D eigenvalue weighted by molar-refractivity contribution is 0.413. The van der Waals surface area contributed by atoms with E-state index in [1.807, 2.05) is 7.05 Å². The van der Waals surface area contributed by atoms with Gasteiger partial charge in [-0.3, -0.25) is 0 Å². The molecule has 0 saturated heterocycles. The van der Waals surface area contributed by atoms with Crippen LogP contribution in [-0.4, -0.2) is 35.7 Å². The van der Waals surface area contributed by atoms with Crippen molar-refractivity contribution in [3.8, 4) is 5.75 Å². The van der Waals surface area contributed by atoms with Crippen molar-refractivity contribution in [3.05, 3.63) is 23.2 Å². The molecule has 18 heavy (non-hydrogen) atoms. The van der Waals surface area contributed by atoms with Gasteiger partial charge in [0.2, 0.25) is 10.0 Å². The Kier molecular flexibility index (Phi) is 5.87. The predicted molar refractivity (Wildman–Crippen MR) is 71.7 cm³/mol. The molecule has 1 aromatic rings. The smallest absolute Gasteiger partial charge is 0.242 e. The minimum absolute atomic E-state index is 0.0352. The number of rotatable bonds is 7. The summed E-state index contributed by atoms with van der Waals surface area (Å²) in [5.41, 5.74) is 0. The number of nitrogens with one attached hydrogen (secondary N) is 2. The van der Waals surface area contributed by atoms with Crippen molar-refractivity contribution in [1.29, 1.82) is 0 Å². The molecule has 0 spiro atoms. The van der Waals surface area contributed by atoms with Crippen molar-refractivity contribution >= 4 is 21.6 Å². The van der Waals surface area contributed by atoms with Crippen molar-refractivity contribution in [1.82, 2.24) is 10.0 Å². The Bertz CT molecular complexity index is 491. The molecule has 0 fully saturated rings. The number of sulfonamides is 1. The number of ether oxygens (including phenoxy) is 1. The van der Waals surface area contributed by atoms with Crippen LogP contribution in [0.25, 0.3) is 0 Å². The summed E-state index contributed by atoms with van der Waals surface area (Å²) in [5.74, 6) is 0.454. The maximum atomic E-state index is 12.0. The van der Waals surface area contributed by atoms with E-state index in [9.17, 15) is 8.42 Å². The largest absolute Gasteiger partial charge is 0.497 e. The standard InChI is InChI=1S/C11H17ClN2O3S/c1-13-6-3-7-14-18(15,16)11-8-9(17-2)4-5-10(11)12/h4-5,8,13-14H,3,6-7H2,1-2H3. The third kappa shape index (κ3) is 4.13. The van der Waals surface area contributed by atoms with E-state index < -0.39 is 10.0 Å². The Labute approximate surface area is 113 Å². The minimum Gasteiger partial charge on any atom is -0.497 e. The number of methoxy groups -OCH3 is 1. The normalized spacial score (nSPS) is 11.5. The molecule has 5 nitrogen and oxygen atoms in total. The highest BCUT2D eigenvalue weighted by molar-refractivity contribution is 7.89. The van der Waals surface area contributed by atoms with Gasteiger partial charge in [0.25, 0.3) is 0 Å². The van der Waals surface area contributed by atoms with Gasteiger partial charge in [0.15, 0.2) is 0 Å². The average Bonchev–Trinajstić information content (AvgIpc) is 2.35. The SMILES string of the molecule is CNCCCNS(=O)(=O)c1cc(OC)ccc1Cl. The fraction of sp³-hybridized carbons (Fsp3) is 0.455. The van der Waals surface area contributed by atoms with Crippen LogP contribution in [0.2, 0.25) is 5.02 Å². The molecule has 2 N–H and O–H groups in total. The van der Waals surface area contributed by atoms with Crippen LogP contribution in [0.4, 0.5) is 0 Å². The first-order valence-corrected chi connectivity index (χ1v) is 7.35. The number of hydrogen-bond acceptors (Lipinski definition) is 4. The summed E-state index contributed by atoms with van der Waals surface area (Å²) in [4.78, 5) is 0.0352. The van der Waals surface area contributed by atoms with Crippen LogP contribution in [0.15, 0.2) is 23.1 Å². The number of halogens is 1. The molecule has 1 rings (SSSR count). The maximum absolute atomic E-state index is 12.0. The summed E-state index contributed by atoms with van der Waals surface area (Å²) in [6.07, 6.45) is 0.706. The van der Waals surface area contributed by atoms with E-state index in [1.165, 1.54) is 19.2 Å². The highest BCUT2D eigenvalue weighted by Crippen LogP contribution is 2.25. The molecule has 1 aromatic carbocycles. The Morgan fingerprint density at radius 3 is 2.67 bits per heavy atom. The zero-order valence-electron chi connectivity index (χ0n) is 10.4. The zero-order chi connectivity index (χ0) is 13.6. The summed E-state index contributed by atoms with van der Waals surface area (Å²) >= 11 is 5.89. The summed E-state index contributed by atoms with van der Waals surface area (Å²) in [5, 5.41) is 3.12. The molecule has 7 heteroatoms. The second kappa shape index (κ2) is 6.94. The average molecular weight is 293 g/mol. The van der Waals surface area contributed by atoms with Crippen molar-refractivity contribution < 1.29 is 13.2 Å². The van der Waals surface area contributed by atoms with E-state index in [-0.39, 0.29) is 9.92 Å². The lowest BCUT2D eigenvalue weighted by Crippen LogP contribution is -2.27. The predicted octanol–water partition coefficient (Wildman–Crippen LogP) is 1.24. The molecular formula is C11H17ClN2O3S. The van der Waals surface area contributed by atoms with Crippen LogP contribution in [-0.2, 0) is 10.0 Å². The van der Waals surface area contributed by atoms with Gasteiger partial charge in [-0.15, -0.1) is 0 Å². The number of hydrogen-bond donors (Lipinski definition) is 2. The second-order valence-electron chi connectivity index (χ2n) is 3.65. The molecule has 0 bridgehead atoms. The van der Waals surface area contributed by atoms with Gasteiger partial charge in [-0.05, 0) is 32.1 Å². The van der Waals surface area contributed by atoms with Crippen molar-refractivity contribution in [2.75, 3.05) is 27.2 Å². The molecule has 0 atom stereocenters. The fourth-order valence-corrected chi connectivity index (χ4v) is 2.95. The molecule has 102 valence electrons. The first-order valence-electron chi connectivity index (χ1n) is 5.49. The van der Waals surface area contributed by atoms with Gasteiger partial charge in [-0.1, -0.05) is 11.6 Å². The molecule has 0 aromatic heterocycles. The molecule has 0 aliphatic rings. The Morgan fingerprint density at radius 1 is 1.33 bits per heavy atom. The highest BCUT2D eigenvalue weighted by Gasteiger charge is 2.18. The van der Waals surface area contributed by atoms with Crippen LogP contribution in [0.3, 0.4) is 0 Å². The lowest BCUT2D eigenvalue weighted by Gasteiger charge is -2.09. The summed E-state index contributed by atoms with van der Waals surface area (Å²) in [6.45, 7) is 1.10. The topological polar surface area (TPSA) is 67.4 Å². The van der Waals surface area contributed by atoms with Crippen molar-refractivity contribution in [2.24, 2.45) is 0 Å². The molecule has 0 aliphatic heterocycles. The quantitative estimate of drug-likeness (QED) is 0.742. The van der Waals surface area contributed by atoms with Crippen molar-refractivity contribution in [3.63, 3.8) is 0 Å². The van der Waals surface area contributed by atoms with Crippen LogP contribution >= 0.6 is 11.6 Å². The van der Waals surface area contributed by atoms with Gasteiger partial charge in [-0.2, -0.15) is 0 Å². The first-order chi connectivity index (χ1) is 8.51. The second-order valence-corrected chi connectivity index (χ2v) is 5.79. The van der Waals surface area contributed by atoms with Gasteiger partial charge in [0.1, 0.15) is 10.6 Å². The third-order valence-corrected chi connectivity index (χ3v) is 4.27. The summed E-state index contributed by atoms with van der Waals surface area (Å²) < 4.78 is 31.5.